The van der Waals surface area contributed by atoms with Crippen LogP contribution < -0.4 is 10.6 Å². The number of carbonyl (C=O) groups excluding carboxylic acids is 2. The van der Waals surface area contributed by atoms with E-state index < -0.39 is 6.10 Å². The summed E-state index contributed by atoms with van der Waals surface area (Å²) >= 11 is 1.36. The Balaban J connectivity index is 1.67. The molecule has 0 saturated carbocycles. The van der Waals surface area contributed by atoms with Crippen LogP contribution in [0.5, 0.6) is 0 Å². The van der Waals surface area contributed by atoms with Gasteiger partial charge in [0.25, 0.3) is 5.91 Å². The third kappa shape index (κ3) is 5.79. The molecule has 3 N–H and O–H groups in total. The van der Waals surface area contributed by atoms with Crippen molar-refractivity contribution in [3.8, 4) is 0 Å². The van der Waals surface area contributed by atoms with Gasteiger partial charge in [-0.05, 0) is 30.4 Å². The molecule has 0 saturated heterocycles. The molecule has 1 aromatic heterocycles. The van der Waals surface area contributed by atoms with Crippen LogP contribution in [-0.2, 0) is 4.79 Å². The first kappa shape index (κ1) is 18.2. The normalized spacial score (nSPS) is 13.1. The lowest BCUT2D eigenvalue weighted by Crippen LogP contribution is -2.36. The van der Waals surface area contributed by atoms with Crippen LogP contribution in [0.4, 0.5) is 0 Å². The summed E-state index contributed by atoms with van der Waals surface area (Å²) in [5.74, 6) is -0.306. The van der Waals surface area contributed by atoms with Crippen molar-refractivity contribution >= 4 is 23.2 Å². The topological polar surface area (TPSA) is 78.4 Å². The van der Waals surface area contributed by atoms with E-state index in [2.05, 4.69) is 10.6 Å². The molecule has 24 heavy (non-hydrogen) atoms. The van der Waals surface area contributed by atoms with Crippen molar-refractivity contribution in [3.05, 3.63) is 58.3 Å². The molecule has 1 aromatic carbocycles. The Morgan fingerprint density at radius 2 is 1.92 bits per heavy atom. The summed E-state index contributed by atoms with van der Waals surface area (Å²) in [6.45, 7) is 2.14. The Kier molecular flexibility index (Phi) is 6.96. The Labute approximate surface area is 145 Å². The number of benzene rings is 1. The standard InChI is InChI=1S/C18H22N2O3S/c1-13(12-15(21)14-6-3-2-4-7-14)20-17(22)9-10-19-18(23)16-8-5-11-24-16/h2-8,11,13,15,21H,9-10,12H2,1H3,(H,19,23)(H,20,22). The van der Waals surface area contributed by atoms with Gasteiger partial charge in [0.2, 0.25) is 5.91 Å². The zero-order chi connectivity index (χ0) is 17.4. The van der Waals surface area contributed by atoms with Gasteiger partial charge in [0.1, 0.15) is 0 Å². The van der Waals surface area contributed by atoms with E-state index >= 15 is 0 Å². The van der Waals surface area contributed by atoms with E-state index in [1.165, 1.54) is 11.3 Å². The molecule has 0 bridgehead atoms. The van der Waals surface area contributed by atoms with Gasteiger partial charge in [-0.2, -0.15) is 0 Å². The van der Waals surface area contributed by atoms with Gasteiger partial charge >= 0.3 is 0 Å². The van der Waals surface area contributed by atoms with Crippen molar-refractivity contribution in [1.82, 2.24) is 10.6 Å². The fraction of sp³-hybridized carbons (Fsp3) is 0.333. The van der Waals surface area contributed by atoms with Crippen molar-refractivity contribution in [3.63, 3.8) is 0 Å². The van der Waals surface area contributed by atoms with Gasteiger partial charge in [0.05, 0.1) is 11.0 Å². The number of aliphatic hydroxyl groups excluding tert-OH is 1. The Morgan fingerprint density at radius 3 is 2.58 bits per heavy atom. The van der Waals surface area contributed by atoms with Crippen molar-refractivity contribution in [2.45, 2.75) is 31.9 Å². The second kappa shape index (κ2) is 9.20. The predicted molar refractivity (Wildman–Crippen MR) is 94.9 cm³/mol. The molecule has 2 atom stereocenters. The average molecular weight is 346 g/mol. The van der Waals surface area contributed by atoms with Crippen molar-refractivity contribution in [1.29, 1.82) is 0 Å². The number of hydrogen-bond donors (Lipinski definition) is 3. The molecular formula is C18H22N2O3S. The lowest BCUT2D eigenvalue weighted by atomic mass is 10.0. The lowest BCUT2D eigenvalue weighted by Gasteiger charge is -2.18. The molecule has 1 heterocycles. The summed E-state index contributed by atoms with van der Waals surface area (Å²) in [5.41, 5.74) is 0.835. The molecule has 0 aliphatic rings. The molecule has 0 radical (unpaired) electrons. The summed E-state index contributed by atoms with van der Waals surface area (Å²) in [4.78, 5) is 24.3. The first-order chi connectivity index (χ1) is 11.6. The summed E-state index contributed by atoms with van der Waals surface area (Å²) in [6, 6.07) is 12.8. The highest BCUT2D eigenvalue weighted by Gasteiger charge is 2.14. The summed E-state index contributed by atoms with van der Waals surface area (Å²) in [5, 5.41) is 17.5. The van der Waals surface area contributed by atoms with Gasteiger partial charge in [-0.15, -0.1) is 11.3 Å². The molecule has 0 fully saturated rings. The maximum Gasteiger partial charge on any atom is 0.261 e. The highest BCUT2D eigenvalue weighted by molar-refractivity contribution is 7.12. The van der Waals surface area contributed by atoms with E-state index in [4.69, 9.17) is 0 Å². The van der Waals surface area contributed by atoms with Crippen LogP contribution >= 0.6 is 11.3 Å². The number of aliphatic hydroxyl groups is 1. The second-order valence-corrected chi connectivity index (χ2v) is 6.56. The highest BCUT2D eigenvalue weighted by atomic mass is 32.1. The van der Waals surface area contributed by atoms with Crippen LogP contribution in [0.1, 0.15) is 41.1 Å². The van der Waals surface area contributed by atoms with Gasteiger partial charge in [0.15, 0.2) is 0 Å². The predicted octanol–water partition coefficient (Wildman–Crippen LogP) is 2.50. The van der Waals surface area contributed by atoms with Crippen molar-refractivity contribution in [2.75, 3.05) is 6.54 Å². The number of hydrogen-bond acceptors (Lipinski definition) is 4. The quantitative estimate of drug-likeness (QED) is 0.687. The van der Waals surface area contributed by atoms with E-state index in [1.807, 2.05) is 48.7 Å². The van der Waals surface area contributed by atoms with Crippen molar-refractivity contribution in [2.24, 2.45) is 0 Å². The van der Waals surface area contributed by atoms with Crippen LogP contribution in [0.15, 0.2) is 47.8 Å². The summed E-state index contributed by atoms with van der Waals surface area (Å²) < 4.78 is 0. The number of amides is 2. The first-order valence-corrected chi connectivity index (χ1v) is 8.78. The Hall–Kier alpha value is -2.18. The molecular weight excluding hydrogens is 324 g/mol. The van der Waals surface area contributed by atoms with Gasteiger partial charge in [0, 0.05) is 19.0 Å². The van der Waals surface area contributed by atoms with Gasteiger partial charge in [-0.1, -0.05) is 36.4 Å². The molecule has 2 rings (SSSR count). The first-order valence-electron chi connectivity index (χ1n) is 7.90. The highest BCUT2D eigenvalue weighted by Crippen LogP contribution is 2.17. The molecule has 2 amide bonds. The second-order valence-electron chi connectivity index (χ2n) is 5.61. The minimum atomic E-state index is -0.611. The maximum atomic E-state index is 11.9. The molecule has 0 aliphatic carbocycles. The number of nitrogens with one attached hydrogen (secondary N) is 2. The van der Waals surface area contributed by atoms with Crippen LogP contribution in [-0.4, -0.2) is 29.5 Å². The van der Waals surface area contributed by atoms with Gasteiger partial charge in [-0.25, -0.2) is 0 Å². The Morgan fingerprint density at radius 1 is 1.17 bits per heavy atom. The largest absolute Gasteiger partial charge is 0.388 e. The monoisotopic (exact) mass is 346 g/mol. The van der Waals surface area contributed by atoms with Crippen molar-refractivity contribution < 1.29 is 14.7 Å². The third-order valence-electron chi connectivity index (χ3n) is 3.55. The zero-order valence-electron chi connectivity index (χ0n) is 13.6. The van der Waals surface area contributed by atoms with E-state index in [0.717, 1.165) is 5.56 Å². The van der Waals surface area contributed by atoms with Crippen LogP contribution in [0.3, 0.4) is 0 Å². The fourth-order valence-electron chi connectivity index (χ4n) is 2.34. The van der Waals surface area contributed by atoms with E-state index in [0.29, 0.717) is 11.3 Å². The van der Waals surface area contributed by atoms with Crippen LogP contribution in [0, 0.1) is 0 Å². The minimum absolute atomic E-state index is 0.144. The Bertz CT molecular complexity index is 644. The molecule has 0 aliphatic heterocycles. The lowest BCUT2D eigenvalue weighted by molar-refractivity contribution is -0.121. The average Bonchev–Trinajstić information content (AvgIpc) is 3.10. The summed E-state index contributed by atoms with van der Waals surface area (Å²) in [7, 11) is 0. The maximum absolute atomic E-state index is 11.9. The van der Waals surface area contributed by atoms with E-state index in [-0.39, 0.29) is 30.8 Å². The number of rotatable bonds is 8. The fourth-order valence-corrected chi connectivity index (χ4v) is 2.98. The minimum Gasteiger partial charge on any atom is -0.388 e. The van der Waals surface area contributed by atoms with Crippen LogP contribution in [0.25, 0.3) is 0 Å². The van der Waals surface area contributed by atoms with Gasteiger partial charge in [-0.3, -0.25) is 9.59 Å². The number of thiophene rings is 1. The molecule has 5 nitrogen and oxygen atoms in total. The van der Waals surface area contributed by atoms with Crippen LogP contribution in [0.2, 0.25) is 0 Å². The molecule has 2 aromatic rings. The smallest absolute Gasteiger partial charge is 0.261 e. The molecule has 2 unspecified atom stereocenters. The zero-order valence-corrected chi connectivity index (χ0v) is 14.4. The van der Waals surface area contributed by atoms with E-state index in [9.17, 15) is 14.7 Å². The number of carbonyl (C=O) groups is 2. The third-order valence-corrected chi connectivity index (χ3v) is 4.42. The SMILES string of the molecule is CC(CC(O)c1ccccc1)NC(=O)CCNC(=O)c1cccs1. The molecule has 128 valence electrons. The van der Waals surface area contributed by atoms with E-state index in [1.54, 1.807) is 6.07 Å². The van der Waals surface area contributed by atoms with Gasteiger partial charge < -0.3 is 15.7 Å². The molecule has 6 heteroatoms. The molecule has 0 spiro atoms. The summed E-state index contributed by atoms with van der Waals surface area (Å²) in [6.07, 6.45) is 0.0419.